The summed E-state index contributed by atoms with van der Waals surface area (Å²) >= 11 is 0. The van der Waals surface area contributed by atoms with Crippen molar-refractivity contribution in [3.05, 3.63) is 34.9 Å². The molecule has 1 unspecified atom stereocenters. The van der Waals surface area contributed by atoms with Crippen LogP contribution in [0.25, 0.3) is 0 Å². The standard InChI is InChI=1S/C10H10O/c11-10-4-7-1-8(5-10)3-9(2-7)6-10/h1-2,5,11H,3-4,6H2. The second-order valence-corrected chi connectivity index (χ2v) is 3.87. The summed E-state index contributed by atoms with van der Waals surface area (Å²) in [5.74, 6) is 0. The second kappa shape index (κ2) is 1.51. The Morgan fingerprint density at radius 3 is 2.73 bits per heavy atom. The number of aliphatic hydroxyl groups is 1. The molecule has 4 aliphatic rings. The van der Waals surface area contributed by atoms with Crippen molar-refractivity contribution in [3.8, 4) is 0 Å². The van der Waals surface area contributed by atoms with Crippen LogP contribution in [-0.4, -0.2) is 10.7 Å². The maximum Gasteiger partial charge on any atom is 0.0910 e. The molecule has 4 rings (SSSR count). The minimum atomic E-state index is -0.498. The Kier molecular flexibility index (Phi) is 0.793. The molecule has 0 aromatic carbocycles. The van der Waals surface area contributed by atoms with Gasteiger partial charge in [-0.25, -0.2) is 0 Å². The minimum absolute atomic E-state index is 0.498. The maximum atomic E-state index is 9.94. The normalized spacial score (nSPS) is 38.5. The van der Waals surface area contributed by atoms with Crippen molar-refractivity contribution in [3.63, 3.8) is 0 Å². The lowest BCUT2D eigenvalue weighted by molar-refractivity contribution is 0.0820. The molecule has 0 spiro atoms. The Morgan fingerprint density at radius 1 is 1.18 bits per heavy atom. The molecule has 0 amide bonds. The first-order valence-corrected chi connectivity index (χ1v) is 4.08. The van der Waals surface area contributed by atoms with E-state index in [2.05, 4.69) is 12.2 Å². The Labute approximate surface area is 65.7 Å². The molecule has 0 heterocycles. The fourth-order valence-corrected chi connectivity index (χ4v) is 2.47. The van der Waals surface area contributed by atoms with E-state index in [0.717, 1.165) is 19.3 Å². The van der Waals surface area contributed by atoms with Crippen molar-refractivity contribution < 1.29 is 5.11 Å². The zero-order valence-corrected chi connectivity index (χ0v) is 6.30. The summed E-state index contributed by atoms with van der Waals surface area (Å²) in [5.41, 5.74) is 3.55. The Balaban J connectivity index is 2.27. The summed E-state index contributed by atoms with van der Waals surface area (Å²) < 4.78 is 0. The quantitative estimate of drug-likeness (QED) is 0.551. The molecule has 1 heteroatoms. The van der Waals surface area contributed by atoms with Crippen molar-refractivity contribution in [1.82, 2.24) is 0 Å². The molecule has 0 radical (unpaired) electrons. The van der Waals surface area contributed by atoms with Crippen LogP contribution in [0.3, 0.4) is 0 Å². The lowest BCUT2D eigenvalue weighted by Crippen LogP contribution is -2.35. The van der Waals surface area contributed by atoms with Crippen LogP contribution in [0.5, 0.6) is 0 Å². The predicted molar refractivity (Wildman–Crippen MR) is 43.0 cm³/mol. The summed E-state index contributed by atoms with van der Waals surface area (Å²) in [6.45, 7) is 0. The molecule has 0 aromatic rings. The highest BCUT2D eigenvalue weighted by Gasteiger charge is 2.36. The topological polar surface area (TPSA) is 20.2 Å². The molecule has 11 heavy (non-hydrogen) atoms. The lowest BCUT2D eigenvalue weighted by atomic mass is 9.70. The van der Waals surface area contributed by atoms with E-state index in [1.54, 1.807) is 0 Å². The number of hydrogen-bond donors (Lipinski definition) is 1. The van der Waals surface area contributed by atoms with Crippen LogP contribution in [0.2, 0.25) is 0 Å². The molecule has 1 atom stereocenters. The number of allylic oxidation sites excluding steroid dienone is 3. The fraction of sp³-hybridized carbons (Fsp3) is 0.400. The molecule has 0 saturated carbocycles. The van der Waals surface area contributed by atoms with Gasteiger partial charge in [-0.3, -0.25) is 0 Å². The van der Waals surface area contributed by atoms with Crippen LogP contribution in [0.15, 0.2) is 34.9 Å². The van der Waals surface area contributed by atoms with Gasteiger partial charge in [0.05, 0.1) is 5.60 Å². The third-order valence-electron chi connectivity index (χ3n) is 2.69. The highest BCUT2D eigenvalue weighted by molar-refractivity contribution is 5.51. The third kappa shape index (κ3) is 0.690. The molecular weight excluding hydrogens is 136 g/mol. The highest BCUT2D eigenvalue weighted by atomic mass is 16.3. The van der Waals surface area contributed by atoms with E-state index in [1.807, 2.05) is 6.08 Å². The average molecular weight is 146 g/mol. The van der Waals surface area contributed by atoms with Gasteiger partial charge in [0, 0.05) is 12.8 Å². The smallest absolute Gasteiger partial charge is 0.0910 e. The van der Waals surface area contributed by atoms with Crippen LogP contribution < -0.4 is 0 Å². The largest absolute Gasteiger partial charge is 0.385 e. The van der Waals surface area contributed by atoms with Crippen molar-refractivity contribution in [2.24, 2.45) is 0 Å². The van der Waals surface area contributed by atoms with Gasteiger partial charge in [0.1, 0.15) is 0 Å². The Bertz CT molecular complexity index is 320. The first-order valence-electron chi connectivity index (χ1n) is 4.08. The summed E-state index contributed by atoms with van der Waals surface area (Å²) in [7, 11) is 0. The molecule has 4 bridgehead atoms. The van der Waals surface area contributed by atoms with E-state index in [1.165, 1.54) is 16.7 Å². The molecule has 4 aliphatic carbocycles. The van der Waals surface area contributed by atoms with Gasteiger partial charge in [-0.05, 0) is 23.6 Å². The molecule has 0 saturated heterocycles. The van der Waals surface area contributed by atoms with Gasteiger partial charge in [-0.2, -0.15) is 0 Å². The van der Waals surface area contributed by atoms with Crippen molar-refractivity contribution >= 4 is 0 Å². The summed E-state index contributed by atoms with van der Waals surface area (Å²) in [6.07, 6.45) is 9.26. The summed E-state index contributed by atoms with van der Waals surface area (Å²) in [6, 6.07) is 0. The van der Waals surface area contributed by atoms with Crippen LogP contribution in [-0.2, 0) is 0 Å². The van der Waals surface area contributed by atoms with Crippen molar-refractivity contribution in [1.29, 1.82) is 0 Å². The van der Waals surface area contributed by atoms with Crippen molar-refractivity contribution in [2.75, 3.05) is 0 Å². The van der Waals surface area contributed by atoms with Gasteiger partial charge in [0.15, 0.2) is 0 Å². The summed E-state index contributed by atoms with van der Waals surface area (Å²) in [4.78, 5) is 0. The second-order valence-electron chi connectivity index (χ2n) is 3.87. The van der Waals surface area contributed by atoms with Gasteiger partial charge >= 0.3 is 0 Å². The van der Waals surface area contributed by atoms with Gasteiger partial charge in [-0.1, -0.05) is 17.7 Å². The van der Waals surface area contributed by atoms with E-state index >= 15 is 0 Å². The lowest BCUT2D eigenvalue weighted by Gasteiger charge is -2.39. The molecule has 1 nitrogen and oxygen atoms in total. The van der Waals surface area contributed by atoms with E-state index < -0.39 is 5.60 Å². The zero-order valence-electron chi connectivity index (χ0n) is 6.30. The summed E-state index contributed by atoms with van der Waals surface area (Å²) in [5, 5.41) is 9.94. The van der Waals surface area contributed by atoms with Crippen LogP contribution in [0, 0.1) is 0 Å². The Morgan fingerprint density at radius 2 is 2.09 bits per heavy atom. The van der Waals surface area contributed by atoms with Gasteiger partial charge < -0.3 is 5.11 Å². The van der Waals surface area contributed by atoms with Crippen LogP contribution in [0.1, 0.15) is 19.3 Å². The van der Waals surface area contributed by atoms with Gasteiger partial charge in [-0.15, -0.1) is 0 Å². The number of hydrogen-bond acceptors (Lipinski definition) is 1. The van der Waals surface area contributed by atoms with E-state index in [9.17, 15) is 5.11 Å². The highest BCUT2D eigenvalue weighted by Crippen LogP contribution is 2.44. The predicted octanol–water partition coefficient (Wildman–Crippen LogP) is 1.71. The van der Waals surface area contributed by atoms with Gasteiger partial charge in [0.25, 0.3) is 0 Å². The van der Waals surface area contributed by atoms with Gasteiger partial charge in [0.2, 0.25) is 0 Å². The SMILES string of the molecule is OC12C=C3C=C(C=C(C3)C1)C2. The molecule has 56 valence electrons. The van der Waals surface area contributed by atoms with E-state index in [-0.39, 0.29) is 0 Å². The molecular formula is C10H10O. The molecule has 0 aromatic heterocycles. The fourth-order valence-electron chi connectivity index (χ4n) is 2.47. The minimum Gasteiger partial charge on any atom is -0.385 e. The molecule has 0 aliphatic heterocycles. The zero-order chi connectivity index (χ0) is 7.47. The Hall–Kier alpha value is -0.820. The van der Waals surface area contributed by atoms with Crippen LogP contribution >= 0.6 is 0 Å². The third-order valence-corrected chi connectivity index (χ3v) is 2.69. The first kappa shape index (κ1) is 5.78. The van der Waals surface area contributed by atoms with Crippen molar-refractivity contribution in [2.45, 2.75) is 24.9 Å². The maximum absolute atomic E-state index is 9.94. The molecule has 0 fully saturated rings. The average Bonchev–Trinajstić information content (AvgIpc) is 1.79. The first-order chi connectivity index (χ1) is 5.23. The molecule has 1 N–H and O–H groups in total. The monoisotopic (exact) mass is 146 g/mol. The van der Waals surface area contributed by atoms with E-state index in [0.29, 0.717) is 0 Å². The van der Waals surface area contributed by atoms with Crippen LogP contribution in [0.4, 0.5) is 0 Å². The van der Waals surface area contributed by atoms with E-state index in [4.69, 9.17) is 0 Å². The number of rotatable bonds is 0.